The van der Waals surface area contributed by atoms with Crippen LogP contribution in [0.1, 0.15) is 30.0 Å². The van der Waals surface area contributed by atoms with E-state index in [-0.39, 0.29) is 6.04 Å². The zero-order valence-electron chi connectivity index (χ0n) is 10.3. The zero-order chi connectivity index (χ0) is 12.4. The molecule has 1 heterocycles. The molecule has 1 aromatic carbocycles. The Balaban J connectivity index is 2.12. The maximum atomic E-state index is 5.61. The van der Waals surface area contributed by atoms with Gasteiger partial charge in [0.1, 0.15) is 11.5 Å². The molecule has 0 fully saturated rings. The molecule has 0 saturated carbocycles. The van der Waals surface area contributed by atoms with E-state index in [4.69, 9.17) is 4.42 Å². The molecule has 2 aromatic rings. The lowest BCUT2D eigenvalue weighted by Gasteiger charge is -2.13. The van der Waals surface area contributed by atoms with E-state index in [0.717, 1.165) is 17.2 Å². The Hall–Kier alpha value is -0.970. The van der Waals surface area contributed by atoms with Crippen LogP contribution < -0.4 is 5.32 Å². The average molecular weight is 341 g/mol. The molecular formula is C14H16INO. The van der Waals surface area contributed by atoms with Crippen molar-refractivity contribution in [2.45, 2.75) is 26.8 Å². The highest BCUT2D eigenvalue weighted by molar-refractivity contribution is 14.1. The first-order valence-electron chi connectivity index (χ1n) is 5.65. The van der Waals surface area contributed by atoms with Crippen molar-refractivity contribution in [3.63, 3.8) is 0 Å². The van der Waals surface area contributed by atoms with Crippen LogP contribution in [-0.2, 0) is 0 Å². The molecule has 17 heavy (non-hydrogen) atoms. The van der Waals surface area contributed by atoms with Crippen LogP contribution in [0.5, 0.6) is 0 Å². The summed E-state index contributed by atoms with van der Waals surface area (Å²) in [5, 5.41) is 3.44. The fourth-order valence-corrected chi connectivity index (χ4v) is 2.21. The molecule has 1 aromatic heterocycles. The molecule has 0 aliphatic rings. The first-order valence-corrected chi connectivity index (χ1v) is 6.73. The van der Waals surface area contributed by atoms with Crippen LogP contribution in [0, 0.1) is 17.4 Å². The van der Waals surface area contributed by atoms with E-state index in [1.165, 1.54) is 9.13 Å². The molecule has 1 atom stereocenters. The summed E-state index contributed by atoms with van der Waals surface area (Å²) in [6.07, 6.45) is 0. The van der Waals surface area contributed by atoms with Gasteiger partial charge in [0.2, 0.25) is 0 Å². The highest BCUT2D eigenvalue weighted by atomic mass is 127. The SMILES string of the molecule is Cc1ccc(C(C)Nc2ccc(C)c(I)c2)o1. The summed E-state index contributed by atoms with van der Waals surface area (Å²) in [7, 11) is 0. The maximum Gasteiger partial charge on any atom is 0.126 e. The predicted molar refractivity (Wildman–Crippen MR) is 79.4 cm³/mol. The van der Waals surface area contributed by atoms with E-state index in [0.29, 0.717) is 0 Å². The van der Waals surface area contributed by atoms with Crippen molar-refractivity contribution in [2.75, 3.05) is 5.32 Å². The van der Waals surface area contributed by atoms with Gasteiger partial charge in [0.05, 0.1) is 6.04 Å². The first kappa shape index (κ1) is 12.5. The van der Waals surface area contributed by atoms with Gasteiger partial charge in [-0.15, -0.1) is 0 Å². The molecule has 2 nitrogen and oxygen atoms in total. The number of halogens is 1. The molecule has 0 aliphatic carbocycles. The Morgan fingerprint density at radius 2 is 1.94 bits per heavy atom. The lowest BCUT2D eigenvalue weighted by Crippen LogP contribution is -2.05. The van der Waals surface area contributed by atoms with E-state index >= 15 is 0 Å². The van der Waals surface area contributed by atoms with E-state index in [1.807, 2.05) is 19.1 Å². The van der Waals surface area contributed by atoms with E-state index in [1.54, 1.807) is 0 Å². The third-order valence-corrected chi connectivity index (χ3v) is 3.91. The number of aryl methyl sites for hydroxylation is 2. The lowest BCUT2D eigenvalue weighted by atomic mass is 10.2. The van der Waals surface area contributed by atoms with Crippen LogP contribution in [0.15, 0.2) is 34.7 Å². The molecule has 1 unspecified atom stereocenters. The standard InChI is InChI=1S/C14H16INO/c1-9-4-6-12(8-13(9)15)16-11(3)14-7-5-10(2)17-14/h4-8,11,16H,1-3H3. The summed E-state index contributed by atoms with van der Waals surface area (Å²) in [6.45, 7) is 6.18. The summed E-state index contributed by atoms with van der Waals surface area (Å²) >= 11 is 2.35. The third-order valence-electron chi connectivity index (χ3n) is 2.74. The zero-order valence-corrected chi connectivity index (χ0v) is 12.4. The van der Waals surface area contributed by atoms with Gasteiger partial charge in [-0.2, -0.15) is 0 Å². The minimum Gasteiger partial charge on any atom is -0.464 e. The Kier molecular flexibility index (Phi) is 3.76. The van der Waals surface area contributed by atoms with Crippen LogP contribution in [-0.4, -0.2) is 0 Å². The lowest BCUT2D eigenvalue weighted by molar-refractivity contribution is 0.467. The number of benzene rings is 1. The largest absolute Gasteiger partial charge is 0.464 e. The van der Waals surface area contributed by atoms with Crippen molar-refractivity contribution in [1.82, 2.24) is 0 Å². The molecule has 90 valence electrons. The van der Waals surface area contributed by atoms with Crippen molar-refractivity contribution in [3.05, 3.63) is 51.0 Å². The monoisotopic (exact) mass is 341 g/mol. The Labute approximate surface area is 116 Å². The van der Waals surface area contributed by atoms with Gasteiger partial charge in [-0.1, -0.05) is 6.07 Å². The second kappa shape index (κ2) is 5.12. The molecule has 0 radical (unpaired) electrons. The summed E-state index contributed by atoms with van der Waals surface area (Å²) in [5.74, 6) is 1.92. The highest BCUT2D eigenvalue weighted by Crippen LogP contribution is 2.23. The molecule has 0 aliphatic heterocycles. The van der Waals surface area contributed by atoms with Crippen LogP contribution >= 0.6 is 22.6 Å². The third kappa shape index (κ3) is 3.03. The quantitative estimate of drug-likeness (QED) is 0.821. The smallest absolute Gasteiger partial charge is 0.126 e. The molecule has 0 amide bonds. The Morgan fingerprint density at radius 3 is 2.53 bits per heavy atom. The highest BCUT2D eigenvalue weighted by Gasteiger charge is 2.09. The first-order chi connectivity index (χ1) is 8.06. The minimum absolute atomic E-state index is 0.183. The van der Waals surface area contributed by atoms with Gasteiger partial charge in [-0.3, -0.25) is 0 Å². The maximum absolute atomic E-state index is 5.61. The van der Waals surface area contributed by atoms with Crippen LogP contribution in [0.2, 0.25) is 0 Å². The molecule has 0 bridgehead atoms. The average Bonchev–Trinajstić information content (AvgIpc) is 2.70. The van der Waals surface area contributed by atoms with Crippen LogP contribution in [0.3, 0.4) is 0 Å². The van der Waals surface area contributed by atoms with Crippen molar-refractivity contribution >= 4 is 28.3 Å². The van der Waals surface area contributed by atoms with Gasteiger partial charge in [0, 0.05) is 9.26 Å². The molecule has 2 rings (SSSR count). The fraction of sp³-hybridized carbons (Fsp3) is 0.286. The normalized spacial score (nSPS) is 12.5. The predicted octanol–water partition coefficient (Wildman–Crippen LogP) is 4.67. The van der Waals surface area contributed by atoms with Crippen LogP contribution in [0.4, 0.5) is 5.69 Å². The Morgan fingerprint density at radius 1 is 1.18 bits per heavy atom. The summed E-state index contributed by atoms with van der Waals surface area (Å²) < 4.78 is 6.88. The molecule has 0 saturated heterocycles. The number of hydrogen-bond donors (Lipinski definition) is 1. The minimum atomic E-state index is 0.183. The summed E-state index contributed by atoms with van der Waals surface area (Å²) in [4.78, 5) is 0. The van der Waals surface area contributed by atoms with Gasteiger partial charge in [0.15, 0.2) is 0 Å². The molecule has 1 N–H and O–H groups in total. The van der Waals surface area contributed by atoms with Gasteiger partial charge in [-0.25, -0.2) is 0 Å². The van der Waals surface area contributed by atoms with Crippen molar-refractivity contribution < 1.29 is 4.42 Å². The summed E-state index contributed by atoms with van der Waals surface area (Å²) in [5.41, 5.74) is 2.43. The summed E-state index contributed by atoms with van der Waals surface area (Å²) in [6, 6.07) is 10.6. The topological polar surface area (TPSA) is 25.2 Å². The molecule has 3 heteroatoms. The number of furan rings is 1. The van der Waals surface area contributed by atoms with Gasteiger partial charge < -0.3 is 9.73 Å². The number of hydrogen-bond acceptors (Lipinski definition) is 2. The van der Waals surface area contributed by atoms with Gasteiger partial charge >= 0.3 is 0 Å². The van der Waals surface area contributed by atoms with E-state index in [9.17, 15) is 0 Å². The second-order valence-electron chi connectivity index (χ2n) is 4.28. The molecular weight excluding hydrogens is 325 g/mol. The van der Waals surface area contributed by atoms with Crippen molar-refractivity contribution in [3.8, 4) is 0 Å². The second-order valence-corrected chi connectivity index (χ2v) is 5.44. The molecule has 0 spiro atoms. The van der Waals surface area contributed by atoms with Crippen molar-refractivity contribution in [1.29, 1.82) is 0 Å². The van der Waals surface area contributed by atoms with Gasteiger partial charge in [0.25, 0.3) is 0 Å². The van der Waals surface area contributed by atoms with Crippen LogP contribution in [0.25, 0.3) is 0 Å². The Bertz CT molecular complexity index is 519. The number of rotatable bonds is 3. The number of nitrogens with one attached hydrogen (secondary N) is 1. The number of anilines is 1. The van der Waals surface area contributed by atoms with E-state index in [2.05, 4.69) is 60.0 Å². The fourth-order valence-electron chi connectivity index (χ4n) is 1.69. The van der Waals surface area contributed by atoms with Crippen molar-refractivity contribution in [2.24, 2.45) is 0 Å². The van der Waals surface area contributed by atoms with E-state index < -0.39 is 0 Å². The van der Waals surface area contributed by atoms with Gasteiger partial charge in [-0.05, 0) is 73.2 Å².